The highest BCUT2D eigenvalue weighted by molar-refractivity contribution is 7.94. The van der Waals surface area contributed by atoms with Crippen molar-refractivity contribution in [2.45, 2.75) is 19.8 Å². The molecule has 0 radical (unpaired) electrons. The van der Waals surface area contributed by atoms with E-state index in [1.54, 1.807) is 6.07 Å². The minimum atomic E-state index is -3.64. The van der Waals surface area contributed by atoms with Crippen molar-refractivity contribution in [3.05, 3.63) is 63.2 Å². The second-order valence-electron chi connectivity index (χ2n) is 5.87. The Kier molecular flexibility index (Phi) is 5.89. The van der Waals surface area contributed by atoms with Crippen LogP contribution in [0.5, 0.6) is 0 Å². The number of allylic oxidation sites excluding steroid dienone is 4. The maximum absolute atomic E-state index is 14.4. The summed E-state index contributed by atoms with van der Waals surface area (Å²) >= 11 is 6.32. The van der Waals surface area contributed by atoms with Crippen LogP contribution in [0.1, 0.15) is 18.9 Å². The third kappa shape index (κ3) is 3.81. The van der Waals surface area contributed by atoms with Crippen molar-refractivity contribution in [1.29, 1.82) is 5.26 Å². The Morgan fingerprint density at radius 1 is 1.42 bits per heavy atom. The van der Waals surface area contributed by atoms with Crippen molar-refractivity contribution >= 4 is 27.1 Å². The van der Waals surface area contributed by atoms with Gasteiger partial charge in [0.05, 0.1) is 26.9 Å². The number of anilines is 1. The number of hydrogen-bond donors (Lipinski definition) is 0. The number of sulfone groups is 1. The summed E-state index contributed by atoms with van der Waals surface area (Å²) in [6.07, 6.45) is 3.39. The van der Waals surface area contributed by atoms with Gasteiger partial charge in [-0.3, -0.25) is 0 Å². The largest absolute Gasteiger partial charge is 0.338 e. The maximum Gasteiger partial charge on any atom is 0.172 e. The Morgan fingerprint density at radius 3 is 2.62 bits per heavy atom. The Labute approximate surface area is 156 Å². The molecule has 26 heavy (non-hydrogen) atoms. The fourth-order valence-corrected chi connectivity index (χ4v) is 3.74. The molecule has 0 unspecified atom stereocenters. The molecule has 1 heterocycles. The molecule has 4 nitrogen and oxygen atoms in total. The van der Waals surface area contributed by atoms with E-state index in [4.69, 9.17) is 11.6 Å². The van der Waals surface area contributed by atoms with Crippen LogP contribution in [0.4, 0.5) is 14.5 Å². The van der Waals surface area contributed by atoms with Crippen LogP contribution >= 0.6 is 11.6 Å². The van der Waals surface area contributed by atoms with Crippen molar-refractivity contribution in [3.63, 3.8) is 0 Å². The second kappa shape index (κ2) is 7.60. The van der Waals surface area contributed by atoms with Crippen LogP contribution in [-0.4, -0.2) is 21.2 Å². The van der Waals surface area contributed by atoms with Crippen LogP contribution in [0.25, 0.3) is 0 Å². The van der Waals surface area contributed by atoms with Gasteiger partial charge in [-0.2, -0.15) is 5.26 Å². The summed E-state index contributed by atoms with van der Waals surface area (Å²) in [6.45, 7) is 5.29. The first-order valence-electron chi connectivity index (χ1n) is 7.70. The molecule has 0 saturated heterocycles. The maximum atomic E-state index is 14.4. The molecule has 0 atom stereocenters. The van der Waals surface area contributed by atoms with E-state index in [1.165, 1.54) is 24.0 Å². The zero-order valence-corrected chi connectivity index (χ0v) is 15.9. The molecular weight excluding hydrogens is 382 g/mol. The quantitative estimate of drug-likeness (QED) is 0.563. The van der Waals surface area contributed by atoms with Crippen molar-refractivity contribution in [3.8, 4) is 6.07 Å². The number of aryl methyl sites for hydroxylation is 1. The Hall–Kier alpha value is -2.17. The molecule has 1 aromatic carbocycles. The summed E-state index contributed by atoms with van der Waals surface area (Å²) in [6, 6.07) is 3.82. The summed E-state index contributed by atoms with van der Waals surface area (Å²) in [5, 5.41) is 9.24. The van der Waals surface area contributed by atoms with Gasteiger partial charge < -0.3 is 4.90 Å². The minimum Gasteiger partial charge on any atom is -0.338 e. The fourth-order valence-electron chi connectivity index (χ4n) is 2.81. The zero-order chi connectivity index (χ0) is 19.6. The predicted molar refractivity (Wildman–Crippen MR) is 98.3 cm³/mol. The Bertz CT molecular complexity index is 976. The lowest BCUT2D eigenvalue weighted by Gasteiger charge is -2.33. The molecule has 0 saturated carbocycles. The van der Waals surface area contributed by atoms with Crippen molar-refractivity contribution in [1.82, 2.24) is 0 Å². The standard InChI is InChI=1S/C18H17ClF2N2O2S/c1-4-16(17(19)14(10-22)11(2)26(3,24)25)23-7-5-6-12-8-13(20)9-15(21)18(12)23/h4,8-9H,1,5-7H2,2-3H3/b14-11+,17-16-. The van der Waals surface area contributed by atoms with E-state index in [0.29, 0.717) is 24.9 Å². The van der Waals surface area contributed by atoms with Crippen LogP contribution < -0.4 is 4.90 Å². The van der Waals surface area contributed by atoms with Crippen molar-refractivity contribution in [2.24, 2.45) is 0 Å². The van der Waals surface area contributed by atoms with Gasteiger partial charge in [0.25, 0.3) is 0 Å². The molecule has 1 aliphatic heterocycles. The van der Waals surface area contributed by atoms with E-state index in [0.717, 1.165) is 12.3 Å². The Balaban J connectivity index is 2.73. The van der Waals surface area contributed by atoms with Gasteiger partial charge in [0.2, 0.25) is 0 Å². The molecule has 1 aliphatic rings. The number of halogens is 3. The van der Waals surface area contributed by atoms with E-state index < -0.39 is 21.5 Å². The summed E-state index contributed by atoms with van der Waals surface area (Å²) in [5.41, 5.74) is 0.580. The average Bonchev–Trinajstić information content (AvgIpc) is 2.54. The topological polar surface area (TPSA) is 61.2 Å². The molecule has 0 fully saturated rings. The normalized spacial score (nSPS) is 16.2. The van der Waals surface area contributed by atoms with Gasteiger partial charge in [-0.15, -0.1) is 0 Å². The Morgan fingerprint density at radius 2 is 2.08 bits per heavy atom. The number of rotatable bonds is 4. The summed E-state index contributed by atoms with van der Waals surface area (Å²) in [5.74, 6) is -1.44. The van der Waals surface area contributed by atoms with Crippen molar-refractivity contribution < 1.29 is 17.2 Å². The van der Waals surface area contributed by atoms with Gasteiger partial charge in [-0.25, -0.2) is 17.2 Å². The predicted octanol–water partition coefficient (Wildman–Crippen LogP) is 4.20. The van der Waals surface area contributed by atoms with Gasteiger partial charge in [0, 0.05) is 18.9 Å². The van der Waals surface area contributed by atoms with E-state index in [-0.39, 0.29) is 26.9 Å². The van der Waals surface area contributed by atoms with Crippen LogP contribution in [0.3, 0.4) is 0 Å². The fraction of sp³-hybridized carbons (Fsp3) is 0.278. The first kappa shape index (κ1) is 20.1. The molecule has 0 amide bonds. The molecule has 2 rings (SSSR count). The summed E-state index contributed by atoms with van der Waals surface area (Å²) in [7, 11) is -3.64. The second-order valence-corrected chi connectivity index (χ2v) is 8.40. The number of nitrogens with zero attached hydrogens (tertiary/aromatic N) is 2. The highest BCUT2D eigenvalue weighted by Gasteiger charge is 2.27. The molecular formula is C18H17ClF2N2O2S. The summed E-state index contributed by atoms with van der Waals surface area (Å²) < 4.78 is 51.5. The lowest BCUT2D eigenvalue weighted by Crippen LogP contribution is -2.30. The van der Waals surface area contributed by atoms with E-state index in [1.807, 2.05) is 0 Å². The van der Waals surface area contributed by atoms with E-state index in [9.17, 15) is 22.5 Å². The monoisotopic (exact) mass is 398 g/mol. The molecule has 0 N–H and O–H groups in total. The highest BCUT2D eigenvalue weighted by Crippen LogP contribution is 2.37. The first-order valence-corrected chi connectivity index (χ1v) is 9.97. The number of nitriles is 1. The zero-order valence-electron chi connectivity index (χ0n) is 14.3. The molecule has 0 spiro atoms. The SMILES string of the molecule is C=C/C(=C(Cl)\C(C#N)=C(/C)S(C)(=O)=O)N1CCCc2cc(F)cc(F)c21. The summed E-state index contributed by atoms with van der Waals surface area (Å²) in [4.78, 5) is 1.30. The third-order valence-corrected chi connectivity index (χ3v) is 5.85. The minimum absolute atomic E-state index is 0.151. The number of hydrogen-bond acceptors (Lipinski definition) is 4. The molecule has 0 aliphatic carbocycles. The molecule has 0 aromatic heterocycles. The first-order chi connectivity index (χ1) is 12.1. The average molecular weight is 399 g/mol. The number of benzene rings is 1. The molecule has 138 valence electrons. The van der Waals surface area contributed by atoms with Crippen LogP contribution in [0, 0.1) is 23.0 Å². The van der Waals surface area contributed by atoms with Crippen molar-refractivity contribution in [2.75, 3.05) is 17.7 Å². The smallest absolute Gasteiger partial charge is 0.172 e. The van der Waals surface area contributed by atoms with E-state index in [2.05, 4.69) is 6.58 Å². The highest BCUT2D eigenvalue weighted by atomic mass is 35.5. The molecule has 1 aromatic rings. The molecule has 8 heteroatoms. The van der Waals surface area contributed by atoms with Crippen LogP contribution in [0.15, 0.2) is 46.0 Å². The third-order valence-electron chi connectivity index (χ3n) is 4.15. The van der Waals surface area contributed by atoms with Gasteiger partial charge in [0.1, 0.15) is 17.7 Å². The lowest BCUT2D eigenvalue weighted by atomic mass is 10.00. The van der Waals surface area contributed by atoms with Gasteiger partial charge in [0.15, 0.2) is 9.84 Å². The van der Waals surface area contributed by atoms with Gasteiger partial charge in [-0.05, 0) is 37.5 Å². The number of fused-ring (bicyclic) bond motifs is 1. The van der Waals surface area contributed by atoms with Crippen LogP contribution in [-0.2, 0) is 16.3 Å². The van der Waals surface area contributed by atoms with Gasteiger partial charge >= 0.3 is 0 Å². The lowest BCUT2D eigenvalue weighted by molar-refractivity contribution is 0.569. The van der Waals surface area contributed by atoms with Crippen LogP contribution in [0.2, 0.25) is 0 Å². The van der Waals surface area contributed by atoms with E-state index >= 15 is 0 Å². The molecule has 0 bridgehead atoms. The van der Waals surface area contributed by atoms with Gasteiger partial charge in [-0.1, -0.05) is 18.2 Å².